The molecule has 13 heteroatoms. The van der Waals surface area contributed by atoms with E-state index in [2.05, 4.69) is 25.9 Å². The van der Waals surface area contributed by atoms with E-state index in [0.29, 0.717) is 33.7 Å². The molecule has 206 valence electrons. The fourth-order valence-corrected chi connectivity index (χ4v) is 4.06. The zero-order valence-electron chi connectivity index (χ0n) is 21.0. The molecule has 0 spiro atoms. The molecule has 1 heterocycles. The lowest BCUT2D eigenvalue weighted by atomic mass is 10.0. The Hall–Kier alpha value is -4.05. The number of aliphatic carboxylic acids is 1. The van der Waals surface area contributed by atoms with E-state index in [0.717, 1.165) is 12.1 Å². The maximum absolute atomic E-state index is 13.5. The summed E-state index contributed by atoms with van der Waals surface area (Å²) < 4.78 is 57.3. The van der Waals surface area contributed by atoms with E-state index in [1.807, 2.05) is 0 Å². The third kappa shape index (κ3) is 8.22. The number of anilines is 1. The van der Waals surface area contributed by atoms with Gasteiger partial charge < -0.3 is 24.2 Å². The SMILES string of the molecule is COc1cc(Br)c(CN(Cc2cc(C#N)cc(C(F)(F)F)c2)c2ncc(OCCCC(=O)O)cn2)cc1OC. The zero-order chi connectivity index (χ0) is 28.6. The van der Waals surface area contributed by atoms with Crippen molar-refractivity contribution in [3.63, 3.8) is 0 Å². The molecule has 39 heavy (non-hydrogen) atoms. The van der Waals surface area contributed by atoms with E-state index in [1.165, 1.54) is 32.7 Å². The number of aromatic nitrogens is 2. The van der Waals surface area contributed by atoms with Crippen LogP contribution in [0.5, 0.6) is 17.2 Å². The molecular formula is C26H24BrF3N4O5. The van der Waals surface area contributed by atoms with Crippen molar-refractivity contribution in [2.75, 3.05) is 25.7 Å². The van der Waals surface area contributed by atoms with Crippen molar-refractivity contribution in [1.29, 1.82) is 5.26 Å². The molecule has 0 aliphatic heterocycles. The number of carboxylic acid groups (broad SMARTS) is 1. The van der Waals surface area contributed by atoms with E-state index in [9.17, 15) is 23.2 Å². The summed E-state index contributed by atoms with van der Waals surface area (Å²) in [5.41, 5.74) is -0.124. The van der Waals surface area contributed by atoms with Gasteiger partial charge in [-0.3, -0.25) is 4.79 Å². The van der Waals surface area contributed by atoms with Gasteiger partial charge in [-0.25, -0.2) is 9.97 Å². The molecule has 0 aliphatic rings. The summed E-state index contributed by atoms with van der Waals surface area (Å²) in [6.45, 7) is 0.245. The molecule has 3 aromatic rings. The lowest BCUT2D eigenvalue weighted by molar-refractivity contribution is -0.138. The lowest BCUT2D eigenvalue weighted by Crippen LogP contribution is -2.25. The van der Waals surface area contributed by atoms with Crippen LogP contribution in [0.2, 0.25) is 0 Å². The van der Waals surface area contributed by atoms with Crippen LogP contribution in [0.15, 0.2) is 47.2 Å². The Kier molecular flexibility index (Phi) is 9.95. The average molecular weight is 609 g/mol. The maximum Gasteiger partial charge on any atom is 0.416 e. The zero-order valence-corrected chi connectivity index (χ0v) is 22.5. The number of rotatable bonds is 12. The highest BCUT2D eigenvalue weighted by atomic mass is 79.9. The van der Waals surface area contributed by atoms with Crippen molar-refractivity contribution in [3.05, 3.63) is 69.5 Å². The van der Waals surface area contributed by atoms with Crippen LogP contribution >= 0.6 is 15.9 Å². The Morgan fingerprint density at radius 3 is 2.33 bits per heavy atom. The van der Waals surface area contributed by atoms with Crippen molar-refractivity contribution in [3.8, 4) is 23.3 Å². The number of nitriles is 1. The first-order valence-electron chi connectivity index (χ1n) is 11.5. The topological polar surface area (TPSA) is 118 Å². The molecule has 0 atom stereocenters. The molecule has 3 rings (SSSR count). The van der Waals surface area contributed by atoms with Gasteiger partial charge in [0, 0.05) is 24.0 Å². The highest BCUT2D eigenvalue weighted by Crippen LogP contribution is 2.35. The fourth-order valence-electron chi connectivity index (χ4n) is 3.61. The molecule has 0 radical (unpaired) electrons. The Morgan fingerprint density at radius 2 is 1.74 bits per heavy atom. The summed E-state index contributed by atoms with van der Waals surface area (Å²) in [5, 5.41) is 18.0. The predicted octanol–water partition coefficient (Wildman–Crippen LogP) is 5.60. The molecule has 0 fully saturated rings. The monoisotopic (exact) mass is 608 g/mol. The van der Waals surface area contributed by atoms with Gasteiger partial charge in [0.05, 0.1) is 50.4 Å². The second kappa shape index (κ2) is 13.1. The number of carboxylic acids is 1. The van der Waals surface area contributed by atoms with Gasteiger partial charge in [-0.05, 0) is 47.9 Å². The molecule has 0 aliphatic carbocycles. The van der Waals surface area contributed by atoms with E-state index in [-0.39, 0.29) is 43.2 Å². The highest BCUT2D eigenvalue weighted by Gasteiger charge is 2.31. The molecule has 2 aromatic carbocycles. The number of halogens is 4. The van der Waals surface area contributed by atoms with Gasteiger partial charge >= 0.3 is 12.1 Å². The number of nitrogens with zero attached hydrogens (tertiary/aromatic N) is 4. The first kappa shape index (κ1) is 29.5. The lowest BCUT2D eigenvalue weighted by Gasteiger charge is -2.25. The molecule has 0 saturated carbocycles. The second-order valence-electron chi connectivity index (χ2n) is 8.25. The third-order valence-electron chi connectivity index (χ3n) is 5.44. The average Bonchev–Trinajstić information content (AvgIpc) is 2.91. The Bertz CT molecular complexity index is 1350. The Balaban J connectivity index is 1.95. The smallest absolute Gasteiger partial charge is 0.416 e. The van der Waals surface area contributed by atoms with Crippen LogP contribution in [-0.4, -0.2) is 41.9 Å². The van der Waals surface area contributed by atoms with Crippen LogP contribution in [0, 0.1) is 11.3 Å². The van der Waals surface area contributed by atoms with Crippen LogP contribution in [-0.2, 0) is 24.1 Å². The van der Waals surface area contributed by atoms with E-state index in [4.69, 9.17) is 19.3 Å². The number of alkyl halides is 3. The number of ether oxygens (including phenoxy) is 3. The van der Waals surface area contributed by atoms with Gasteiger partial charge in [0.25, 0.3) is 0 Å². The molecule has 0 amide bonds. The van der Waals surface area contributed by atoms with Crippen LogP contribution < -0.4 is 19.1 Å². The fraction of sp³-hybridized carbons (Fsp3) is 0.308. The minimum Gasteiger partial charge on any atom is -0.493 e. The highest BCUT2D eigenvalue weighted by molar-refractivity contribution is 9.10. The molecule has 0 bridgehead atoms. The summed E-state index contributed by atoms with van der Waals surface area (Å²) >= 11 is 3.50. The molecule has 9 nitrogen and oxygen atoms in total. The quantitative estimate of drug-likeness (QED) is 0.262. The molecule has 0 saturated heterocycles. The Labute approximate surface area is 230 Å². The van der Waals surface area contributed by atoms with E-state index in [1.54, 1.807) is 23.1 Å². The molecular weight excluding hydrogens is 585 g/mol. The van der Waals surface area contributed by atoms with Crippen molar-refractivity contribution in [2.45, 2.75) is 32.1 Å². The van der Waals surface area contributed by atoms with Gasteiger partial charge in [0.2, 0.25) is 5.95 Å². The van der Waals surface area contributed by atoms with E-state index < -0.39 is 17.7 Å². The number of methoxy groups -OCH3 is 2. The number of hydrogen-bond acceptors (Lipinski definition) is 8. The first-order valence-corrected chi connectivity index (χ1v) is 12.3. The van der Waals surface area contributed by atoms with Crippen LogP contribution in [0.4, 0.5) is 19.1 Å². The largest absolute Gasteiger partial charge is 0.493 e. The standard InChI is InChI=1S/C26H24BrF3N4O5/c1-37-22-9-18(21(27)10-23(22)38-2)15-34(14-17-6-16(11-31)7-19(8-17)26(28,29)30)25-32-12-20(13-33-25)39-5-3-4-24(35)36/h6-10,12-13H,3-5,14-15H2,1-2H3,(H,35,36). The predicted molar refractivity (Wildman–Crippen MR) is 138 cm³/mol. The first-order chi connectivity index (χ1) is 18.5. The number of carbonyl (C=O) groups is 1. The van der Waals surface area contributed by atoms with Gasteiger partial charge in [0.1, 0.15) is 0 Å². The van der Waals surface area contributed by atoms with Crippen molar-refractivity contribution in [2.24, 2.45) is 0 Å². The minimum atomic E-state index is -4.63. The molecule has 1 N–H and O–H groups in total. The van der Waals surface area contributed by atoms with Gasteiger partial charge in [-0.1, -0.05) is 15.9 Å². The van der Waals surface area contributed by atoms with Gasteiger partial charge in [0.15, 0.2) is 17.2 Å². The summed E-state index contributed by atoms with van der Waals surface area (Å²) in [6, 6.07) is 8.37. The summed E-state index contributed by atoms with van der Waals surface area (Å²) in [6.07, 6.45) is -1.59. The van der Waals surface area contributed by atoms with Crippen LogP contribution in [0.3, 0.4) is 0 Å². The van der Waals surface area contributed by atoms with Crippen LogP contribution in [0.25, 0.3) is 0 Å². The van der Waals surface area contributed by atoms with Crippen molar-refractivity contribution >= 4 is 27.8 Å². The second-order valence-corrected chi connectivity index (χ2v) is 9.10. The van der Waals surface area contributed by atoms with Gasteiger partial charge in [-0.2, -0.15) is 18.4 Å². The summed E-state index contributed by atoms with van der Waals surface area (Å²) in [7, 11) is 2.98. The summed E-state index contributed by atoms with van der Waals surface area (Å²) in [4.78, 5) is 20.9. The summed E-state index contributed by atoms with van der Waals surface area (Å²) in [5.74, 6) is 0.494. The Morgan fingerprint density at radius 1 is 1.08 bits per heavy atom. The van der Waals surface area contributed by atoms with Gasteiger partial charge in [-0.15, -0.1) is 0 Å². The van der Waals surface area contributed by atoms with Crippen molar-refractivity contribution in [1.82, 2.24) is 9.97 Å². The molecule has 1 aromatic heterocycles. The minimum absolute atomic E-state index is 0.0470. The maximum atomic E-state index is 13.5. The molecule has 0 unspecified atom stereocenters. The third-order valence-corrected chi connectivity index (χ3v) is 6.18. The normalized spacial score (nSPS) is 11.0. The van der Waals surface area contributed by atoms with Crippen molar-refractivity contribution < 1.29 is 37.3 Å². The number of benzene rings is 2. The van der Waals surface area contributed by atoms with E-state index >= 15 is 0 Å². The van der Waals surface area contributed by atoms with Crippen LogP contribution in [0.1, 0.15) is 35.1 Å². The number of hydrogen-bond donors (Lipinski definition) is 1.